The normalized spacial score (nSPS) is 13.5. The Morgan fingerprint density at radius 1 is 0.578 bits per heavy atom. The smallest absolute Gasteiger partial charge is 0.117 e. The van der Waals surface area contributed by atoms with Gasteiger partial charge in [0.25, 0.3) is 0 Å². The van der Waals surface area contributed by atoms with Crippen LogP contribution in [-0.4, -0.2) is 0 Å². The van der Waals surface area contributed by atoms with E-state index in [-0.39, 0.29) is 5.70 Å². The van der Waals surface area contributed by atoms with Crippen LogP contribution in [-0.2, 0) is 5.41 Å². The summed E-state index contributed by atoms with van der Waals surface area (Å²) in [7, 11) is 0. The van der Waals surface area contributed by atoms with E-state index in [0.717, 1.165) is 22.3 Å². The number of benzene rings is 6. The monoisotopic (exact) mass is 576 g/mol. The number of allylic oxidation sites excluding steroid dienone is 4. The SMILES string of the molecule is C/C=C(\C=C(/N)C#N)c1cccc(-c2ccc3c(c2)-c2cc(-c4ccccc4)ccc2C3(c2ccccc2)c2ccccc2)c1. The fourth-order valence-electron chi connectivity index (χ4n) is 6.90. The molecule has 6 aromatic rings. The van der Waals surface area contributed by atoms with Crippen molar-refractivity contribution < 1.29 is 0 Å². The average molecular weight is 577 g/mol. The number of rotatable bonds is 6. The zero-order chi connectivity index (χ0) is 30.8. The molecular weight excluding hydrogens is 544 g/mol. The lowest BCUT2D eigenvalue weighted by molar-refractivity contribution is 0.768. The average Bonchev–Trinajstić information content (AvgIpc) is 3.41. The summed E-state index contributed by atoms with van der Waals surface area (Å²) in [5, 5.41) is 9.26. The molecule has 6 aromatic carbocycles. The number of fused-ring (bicyclic) bond motifs is 3. The second-order valence-electron chi connectivity index (χ2n) is 11.4. The molecule has 1 aliphatic carbocycles. The highest BCUT2D eigenvalue weighted by atomic mass is 14.6. The van der Waals surface area contributed by atoms with E-state index in [0.29, 0.717) is 0 Å². The minimum atomic E-state index is -0.458. The number of hydrogen-bond donors (Lipinski definition) is 1. The number of hydrogen-bond acceptors (Lipinski definition) is 2. The van der Waals surface area contributed by atoms with E-state index in [1.54, 1.807) is 6.08 Å². The van der Waals surface area contributed by atoms with Crippen LogP contribution in [0.5, 0.6) is 0 Å². The summed E-state index contributed by atoms with van der Waals surface area (Å²) in [4.78, 5) is 0. The van der Waals surface area contributed by atoms with Crippen LogP contribution < -0.4 is 5.73 Å². The molecule has 0 amide bonds. The maximum atomic E-state index is 9.26. The second kappa shape index (κ2) is 11.6. The number of nitrogens with two attached hydrogens (primary N) is 1. The van der Waals surface area contributed by atoms with Gasteiger partial charge in [0.1, 0.15) is 11.8 Å². The molecule has 0 aromatic heterocycles. The third-order valence-electron chi connectivity index (χ3n) is 8.94. The van der Waals surface area contributed by atoms with Crippen LogP contribution in [0.4, 0.5) is 0 Å². The fourth-order valence-corrected chi connectivity index (χ4v) is 6.90. The van der Waals surface area contributed by atoms with Gasteiger partial charge in [0.05, 0.1) is 5.41 Å². The van der Waals surface area contributed by atoms with Crippen molar-refractivity contribution in [1.82, 2.24) is 0 Å². The van der Waals surface area contributed by atoms with Gasteiger partial charge in [0.15, 0.2) is 0 Å². The first-order valence-corrected chi connectivity index (χ1v) is 15.2. The molecule has 0 bridgehead atoms. The Labute approximate surface area is 265 Å². The lowest BCUT2D eigenvalue weighted by atomic mass is 9.67. The second-order valence-corrected chi connectivity index (χ2v) is 11.4. The summed E-state index contributed by atoms with van der Waals surface area (Å²) in [6, 6.07) is 56.7. The predicted octanol–water partition coefficient (Wildman–Crippen LogP) is 10.2. The molecule has 0 radical (unpaired) electrons. The van der Waals surface area contributed by atoms with Crippen molar-refractivity contribution in [1.29, 1.82) is 5.26 Å². The lowest BCUT2D eigenvalue weighted by Gasteiger charge is -2.34. The summed E-state index contributed by atoms with van der Waals surface area (Å²) in [5.41, 5.74) is 19.7. The Kier molecular flexibility index (Phi) is 7.22. The van der Waals surface area contributed by atoms with E-state index < -0.39 is 5.41 Å². The molecule has 0 spiro atoms. The largest absolute Gasteiger partial charge is 0.390 e. The van der Waals surface area contributed by atoms with Gasteiger partial charge in [0, 0.05) is 0 Å². The Morgan fingerprint density at radius 2 is 1.07 bits per heavy atom. The molecule has 1 aliphatic rings. The molecule has 45 heavy (non-hydrogen) atoms. The van der Waals surface area contributed by atoms with Crippen LogP contribution in [0.3, 0.4) is 0 Å². The molecule has 0 saturated carbocycles. The van der Waals surface area contributed by atoms with Crippen LogP contribution >= 0.6 is 0 Å². The molecule has 0 unspecified atom stereocenters. The van der Waals surface area contributed by atoms with Crippen LogP contribution in [0.2, 0.25) is 0 Å². The van der Waals surface area contributed by atoms with Gasteiger partial charge in [-0.2, -0.15) is 5.26 Å². The Bertz CT molecular complexity index is 2080. The number of nitriles is 1. The van der Waals surface area contributed by atoms with Gasteiger partial charge < -0.3 is 5.73 Å². The summed E-state index contributed by atoms with van der Waals surface area (Å²) in [5.74, 6) is 0. The van der Waals surface area contributed by atoms with Crippen LogP contribution in [0, 0.1) is 11.3 Å². The van der Waals surface area contributed by atoms with Gasteiger partial charge in [-0.25, -0.2) is 0 Å². The third kappa shape index (κ3) is 4.76. The van der Waals surface area contributed by atoms with Crippen molar-refractivity contribution in [3.05, 3.63) is 197 Å². The highest BCUT2D eigenvalue weighted by Gasteiger charge is 2.46. The fraction of sp³-hybridized carbons (Fsp3) is 0.0465. The van der Waals surface area contributed by atoms with Crippen LogP contribution in [0.1, 0.15) is 34.7 Å². The van der Waals surface area contributed by atoms with E-state index in [1.165, 1.54) is 44.5 Å². The topological polar surface area (TPSA) is 49.8 Å². The molecule has 7 rings (SSSR count). The maximum Gasteiger partial charge on any atom is 0.117 e. The first kappa shape index (κ1) is 27.9. The van der Waals surface area contributed by atoms with Crippen molar-refractivity contribution in [2.24, 2.45) is 5.73 Å². The minimum absolute atomic E-state index is 0.190. The highest BCUT2D eigenvalue weighted by Crippen LogP contribution is 2.57. The van der Waals surface area contributed by atoms with Gasteiger partial charge in [0.2, 0.25) is 0 Å². The Morgan fingerprint density at radius 3 is 1.60 bits per heavy atom. The van der Waals surface area contributed by atoms with Crippen molar-refractivity contribution in [2.75, 3.05) is 0 Å². The van der Waals surface area contributed by atoms with Crippen molar-refractivity contribution in [3.8, 4) is 39.4 Å². The quantitative estimate of drug-likeness (QED) is 0.158. The summed E-state index contributed by atoms with van der Waals surface area (Å²) in [6.45, 7) is 1.96. The number of nitrogens with zero attached hydrogens (tertiary/aromatic N) is 1. The van der Waals surface area contributed by atoms with Gasteiger partial charge in [-0.3, -0.25) is 0 Å². The zero-order valence-electron chi connectivity index (χ0n) is 25.1. The maximum absolute atomic E-state index is 9.26. The molecule has 0 atom stereocenters. The van der Waals surface area contributed by atoms with Crippen molar-refractivity contribution >= 4 is 5.57 Å². The molecule has 0 saturated heterocycles. The van der Waals surface area contributed by atoms with E-state index in [4.69, 9.17) is 5.73 Å². The van der Waals surface area contributed by atoms with Gasteiger partial charge in [-0.15, -0.1) is 0 Å². The molecule has 0 heterocycles. The minimum Gasteiger partial charge on any atom is -0.390 e. The van der Waals surface area contributed by atoms with Gasteiger partial charge >= 0.3 is 0 Å². The lowest BCUT2D eigenvalue weighted by Crippen LogP contribution is -2.28. The summed E-state index contributed by atoms with van der Waals surface area (Å²) < 4.78 is 0. The van der Waals surface area contributed by atoms with Crippen LogP contribution in [0.25, 0.3) is 39.0 Å². The molecule has 2 nitrogen and oxygen atoms in total. The molecule has 0 aliphatic heterocycles. The summed E-state index contributed by atoms with van der Waals surface area (Å²) >= 11 is 0. The predicted molar refractivity (Wildman–Crippen MR) is 186 cm³/mol. The van der Waals surface area contributed by atoms with Crippen molar-refractivity contribution in [3.63, 3.8) is 0 Å². The van der Waals surface area contributed by atoms with E-state index >= 15 is 0 Å². The van der Waals surface area contributed by atoms with Gasteiger partial charge in [-0.1, -0.05) is 140 Å². The first-order chi connectivity index (χ1) is 22.1. The Balaban J connectivity index is 1.48. The molecule has 0 fully saturated rings. The standard InChI is InChI=1S/C43H32N2/c1-2-30(26-38(45)29-44)32-15-12-16-33(25-32)35-22-24-42-40(28-35)39-27-34(31-13-6-3-7-14-31)21-23-41(39)43(42,36-17-8-4-9-18-36)37-19-10-5-11-20-37/h2-28H,45H2,1H3/b30-2+,38-26-. The van der Waals surface area contributed by atoms with Gasteiger partial charge in [-0.05, 0) is 98.0 Å². The van der Waals surface area contributed by atoms with E-state index in [1.807, 2.05) is 19.1 Å². The molecule has 2 heteroatoms. The molecular formula is C43H32N2. The highest BCUT2D eigenvalue weighted by molar-refractivity contribution is 5.91. The summed E-state index contributed by atoms with van der Waals surface area (Å²) in [6.07, 6.45) is 3.72. The van der Waals surface area contributed by atoms with E-state index in [9.17, 15) is 5.26 Å². The molecule has 214 valence electrons. The first-order valence-electron chi connectivity index (χ1n) is 15.2. The molecule has 2 N–H and O–H groups in total. The van der Waals surface area contributed by atoms with Crippen LogP contribution in [0.15, 0.2) is 170 Å². The van der Waals surface area contributed by atoms with E-state index in [2.05, 4.69) is 152 Å². The zero-order valence-corrected chi connectivity index (χ0v) is 25.1. The Hall–Kier alpha value is -5.91. The third-order valence-corrected chi connectivity index (χ3v) is 8.94. The van der Waals surface area contributed by atoms with Crippen molar-refractivity contribution in [2.45, 2.75) is 12.3 Å².